The third kappa shape index (κ3) is 3.14. The van der Waals surface area contributed by atoms with Crippen molar-refractivity contribution in [2.75, 3.05) is 5.32 Å². The van der Waals surface area contributed by atoms with Crippen molar-refractivity contribution in [3.05, 3.63) is 68.4 Å². The molecule has 0 aliphatic heterocycles. The fraction of sp³-hybridized carbons (Fsp3) is 0.143. The second-order valence-corrected chi connectivity index (χ2v) is 5.23. The van der Waals surface area contributed by atoms with E-state index in [0.29, 0.717) is 0 Å². The van der Waals surface area contributed by atoms with Crippen molar-refractivity contribution in [1.82, 2.24) is 0 Å². The largest absolute Gasteiger partial charge is 0.373 e. The number of nitrogens with zero attached hydrogens (tertiary/aromatic N) is 1. The number of para-hydroxylation sites is 1. The van der Waals surface area contributed by atoms with E-state index in [1.54, 1.807) is 0 Å². The second kappa shape index (κ2) is 6.00. The first-order valence-corrected chi connectivity index (χ1v) is 6.73. The number of halogens is 2. The molecule has 0 radical (unpaired) electrons. The van der Waals surface area contributed by atoms with Gasteiger partial charge in [-0.15, -0.1) is 0 Å². The van der Waals surface area contributed by atoms with Gasteiger partial charge in [-0.3, -0.25) is 10.1 Å². The Morgan fingerprint density at radius 1 is 1.30 bits per heavy atom. The van der Waals surface area contributed by atoms with Crippen molar-refractivity contribution in [2.45, 2.75) is 13.0 Å². The molecule has 4 nitrogen and oxygen atoms in total. The van der Waals surface area contributed by atoms with Gasteiger partial charge in [0, 0.05) is 10.5 Å². The van der Waals surface area contributed by atoms with Gasteiger partial charge in [0.25, 0.3) is 0 Å². The zero-order valence-corrected chi connectivity index (χ0v) is 12.2. The van der Waals surface area contributed by atoms with Crippen molar-refractivity contribution in [3.8, 4) is 0 Å². The van der Waals surface area contributed by atoms with Crippen LogP contribution in [0.25, 0.3) is 0 Å². The summed E-state index contributed by atoms with van der Waals surface area (Å²) in [5.41, 5.74) is 0.578. The Kier molecular flexibility index (Phi) is 4.34. The SMILES string of the molecule is CC(Nc1cccc(F)c1[N+](=O)[O-])c1cccc(Br)c1. The molecule has 0 bridgehead atoms. The predicted molar refractivity (Wildman–Crippen MR) is 79.2 cm³/mol. The zero-order valence-electron chi connectivity index (χ0n) is 10.6. The van der Waals surface area contributed by atoms with Crippen LogP contribution in [0.1, 0.15) is 18.5 Å². The van der Waals surface area contributed by atoms with E-state index >= 15 is 0 Å². The predicted octanol–water partition coefficient (Wildman–Crippen LogP) is 4.67. The number of hydrogen-bond donors (Lipinski definition) is 1. The van der Waals surface area contributed by atoms with Crippen LogP contribution in [0.2, 0.25) is 0 Å². The Labute approximate surface area is 123 Å². The van der Waals surface area contributed by atoms with Crippen LogP contribution in [0.3, 0.4) is 0 Å². The Morgan fingerprint density at radius 2 is 2.00 bits per heavy atom. The van der Waals surface area contributed by atoms with Crippen molar-refractivity contribution < 1.29 is 9.31 Å². The van der Waals surface area contributed by atoms with Crippen LogP contribution in [0.15, 0.2) is 46.9 Å². The van der Waals surface area contributed by atoms with Crippen LogP contribution in [-0.2, 0) is 0 Å². The first kappa shape index (κ1) is 14.5. The first-order valence-electron chi connectivity index (χ1n) is 5.94. The van der Waals surface area contributed by atoms with Crippen molar-refractivity contribution >= 4 is 27.3 Å². The number of nitrogens with one attached hydrogen (secondary N) is 1. The number of nitro groups is 1. The molecule has 2 aromatic carbocycles. The summed E-state index contributed by atoms with van der Waals surface area (Å²) in [5.74, 6) is -0.846. The van der Waals surface area contributed by atoms with E-state index in [0.717, 1.165) is 16.1 Å². The minimum atomic E-state index is -0.846. The van der Waals surface area contributed by atoms with Gasteiger partial charge < -0.3 is 5.32 Å². The van der Waals surface area contributed by atoms with Crippen LogP contribution < -0.4 is 5.32 Å². The zero-order chi connectivity index (χ0) is 14.7. The Bertz CT molecular complexity index is 649. The highest BCUT2D eigenvalue weighted by atomic mass is 79.9. The van der Waals surface area contributed by atoms with Gasteiger partial charge in [-0.05, 0) is 36.8 Å². The van der Waals surface area contributed by atoms with Gasteiger partial charge in [-0.1, -0.05) is 34.1 Å². The number of hydrogen-bond acceptors (Lipinski definition) is 3. The third-order valence-electron chi connectivity index (χ3n) is 2.89. The molecule has 0 heterocycles. The van der Waals surface area contributed by atoms with Crippen LogP contribution in [0.4, 0.5) is 15.8 Å². The molecule has 2 rings (SSSR count). The molecule has 20 heavy (non-hydrogen) atoms. The maximum absolute atomic E-state index is 13.5. The summed E-state index contributed by atoms with van der Waals surface area (Å²) in [5, 5.41) is 13.9. The summed E-state index contributed by atoms with van der Waals surface area (Å²) in [6.07, 6.45) is 0. The summed E-state index contributed by atoms with van der Waals surface area (Å²) in [6, 6.07) is 11.4. The lowest BCUT2D eigenvalue weighted by Crippen LogP contribution is -2.09. The fourth-order valence-electron chi connectivity index (χ4n) is 1.91. The average molecular weight is 339 g/mol. The van der Waals surface area contributed by atoms with Gasteiger partial charge in [0.1, 0.15) is 5.69 Å². The maximum atomic E-state index is 13.5. The summed E-state index contributed by atoms with van der Waals surface area (Å²) >= 11 is 3.37. The molecule has 1 atom stereocenters. The molecule has 0 spiro atoms. The Balaban J connectivity index is 2.30. The van der Waals surface area contributed by atoms with Crippen molar-refractivity contribution in [1.29, 1.82) is 0 Å². The first-order chi connectivity index (χ1) is 9.49. The van der Waals surface area contributed by atoms with E-state index in [2.05, 4.69) is 21.2 Å². The Morgan fingerprint density at radius 3 is 2.65 bits per heavy atom. The lowest BCUT2D eigenvalue weighted by Gasteiger charge is -2.16. The fourth-order valence-corrected chi connectivity index (χ4v) is 2.33. The summed E-state index contributed by atoms with van der Waals surface area (Å²) in [6.45, 7) is 1.86. The van der Waals surface area contributed by atoms with Crippen molar-refractivity contribution in [3.63, 3.8) is 0 Å². The molecule has 0 fully saturated rings. The number of benzene rings is 2. The van der Waals surface area contributed by atoms with Crippen LogP contribution >= 0.6 is 15.9 Å². The van der Waals surface area contributed by atoms with Gasteiger partial charge >= 0.3 is 5.69 Å². The van der Waals surface area contributed by atoms with E-state index in [1.165, 1.54) is 12.1 Å². The molecule has 0 aromatic heterocycles. The number of nitro benzene ring substituents is 1. The van der Waals surface area contributed by atoms with Gasteiger partial charge in [0.15, 0.2) is 0 Å². The van der Waals surface area contributed by atoms with Crippen LogP contribution in [0, 0.1) is 15.9 Å². The Hall–Kier alpha value is -1.95. The lowest BCUT2D eigenvalue weighted by atomic mass is 10.1. The monoisotopic (exact) mass is 338 g/mol. The lowest BCUT2D eigenvalue weighted by molar-refractivity contribution is -0.386. The van der Waals surface area contributed by atoms with E-state index in [9.17, 15) is 14.5 Å². The molecule has 0 amide bonds. The molecular weight excluding hydrogens is 327 g/mol. The molecule has 0 aliphatic carbocycles. The summed E-state index contributed by atoms with van der Waals surface area (Å²) in [4.78, 5) is 10.2. The highest BCUT2D eigenvalue weighted by molar-refractivity contribution is 9.10. The van der Waals surface area contributed by atoms with Crippen LogP contribution in [0.5, 0.6) is 0 Å². The standard InChI is InChI=1S/C14H12BrFN2O2/c1-9(10-4-2-5-11(15)8-10)17-13-7-3-6-12(16)14(13)18(19)20/h2-9,17H,1H3. The number of rotatable bonds is 4. The summed E-state index contributed by atoms with van der Waals surface area (Å²) in [7, 11) is 0. The second-order valence-electron chi connectivity index (χ2n) is 4.31. The molecule has 2 aromatic rings. The van der Waals surface area contributed by atoms with Crippen molar-refractivity contribution in [2.24, 2.45) is 0 Å². The molecule has 104 valence electrons. The quantitative estimate of drug-likeness (QED) is 0.651. The van der Waals surface area contributed by atoms with E-state index < -0.39 is 16.4 Å². The number of anilines is 1. The van der Waals surface area contributed by atoms with Gasteiger partial charge in [0.2, 0.25) is 5.82 Å². The minimum absolute atomic E-state index is 0.169. The molecule has 0 saturated heterocycles. The average Bonchev–Trinajstić information content (AvgIpc) is 2.38. The molecule has 1 unspecified atom stereocenters. The maximum Gasteiger partial charge on any atom is 0.327 e. The van der Waals surface area contributed by atoms with Crippen LogP contribution in [-0.4, -0.2) is 4.92 Å². The van der Waals surface area contributed by atoms with E-state index in [1.807, 2.05) is 31.2 Å². The highest BCUT2D eigenvalue weighted by Crippen LogP contribution is 2.30. The summed E-state index contributed by atoms with van der Waals surface area (Å²) < 4.78 is 14.4. The normalized spacial score (nSPS) is 11.9. The smallest absolute Gasteiger partial charge is 0.327 e. The molecule has 6 heteroatoms. The molecule has 0 saturated carbocycles. The molecule has 0 aliphatic rings. The molecule has 1 N–H and O–H groups in total. The van der Waals surface area contributed by atoms with Gasteiger partial charge in [-0.25, -0.2) is 0 Å². The van der Waals surface area contributed by atoms with Gasteiger partial charge in [0.05, 0.1) is 4.92 Å². The topological polar surface area (TPSA) is 55.2 Å². The third-order valence-corrected chi connectivity index (χ3v) is 3.38. The van der Waals surface area contributed by atoms with Gasteiger partial charge in [-0.2, -0.15) is 4.39 Å². The highest BCUT2D eigenvalue weighted by Gasteiger charge is 2.21. The van der Waals surface area contributed by atoms with E-state index in [4.69, 9.17) is 0 Å². The molecular formula is C14H12BrFN2O2. The minimum Gasteiger partial charge on any atom is -0.373 e. The van der Waals surface area contributed by atoms with E-state index in [-0.39, 0.29) is 11.7 Å².